The van der Waals surface area contributed by atoms with Gasteiger partial charge in [-0.05, 0) is 36.3 Å². The van der Waals surface area contributed by atoms with Crippen LogP contribution in [0.5, 0.6) is 0 Å². The minimum absolute atomic E-state index is 0.00801. The van der Waals surface area contributed by atoms with Crippen LogP contribution >= 0.6 is 0 Å². The number of hydrogen-bond donors (Lipinski definition) is 1. The van der Waals surface area contributed by atoms with Crippen LogP contribution in [-0.4, -0.2) is 57.1 Å². The largest absolute Gasteiger partial charge is 0.455 e. The van der Waals surface area contributed by atoms with E-state index in [2.05, 4.69) is 72.7 Å². The summed E-state index contributed by atoms with van der Waals surface area (Å²) in [6.45, 7) is 22.9. The van der Waals surface area contributed by atoms with Gasteiger partial charge in [0.2, 0.25) is 0 Å². The fraction of sp³-hybridized carbons (Fsp3) is 0.783. The summed E-state index contributed by atoms with van der Waals surface area (Å²) in [5.74, 6) is -0.508. The Hall–Kier alpha value is -1.54. The third-order valence-corrected chi connectivity index (χ3v) is 16.3. The number of carbonyl (C=O) groups is 1. The predicted octanol–water partition coefficient (Wildman–Crippen LogP) is 3.78. The summed E-state index contributed by atoms with van der Waals surface area (Å²) in [7, 11) is -4.45. The van der Waals surface area contributed by atoms with Gasteiger partial charge in [-0.1, -0.05) is 41.5 Å². The van der Waals surface area contributed by atoms with E-state index in [9.17, 15) is 14.4 Å². The predicted molar refractivity (Wildman–Crippen MR) is 136 cm³/mol. The highest BCUT2D eigenvalue weighted by atomic mass is 28.4. The Kier molecular flexibility index (Phi) is 8.31. The maximum absolute atomic E-state index is 12.6. The van der Waals surface area contributed by atoms with Gasteiger partial charge in [0.25, 0.3) is 5.56 Å². The Balaban J connectivity index is 2.52. The van der Waals surface area contributed by atoms with Crippen LogP contribution in [0.1, 0.15) is 54.7 Å². The van der Waals surface area contributed by atoms with E-state index >= 15 is 0 Å². The first-order valence-corrected chi connectivity index (χ1v) is 17.5. The van der Waals surface area contributed by atoms with Crippen molar-refractivity contribution in [3.05, 3.63) is 33.1 Å². The Morgan fingerprint density at radius 1 is 1.03 bits per heavy atom. The van der Waals surface area contributed by atoms with Gasteiger partial charge in [-0.3, -0.25) is 19.1 Å². The van der Waals surface area contributed by atoms with Gasteiger partial charge < -0.3 is 18.3 Å². The molecule has 2 heterocycles. The zero-order chi connectivity index (χ0) is 26.3. The molecule has 1 aromatic heterocycles. The SMILES string of the molecule is CC(=O)OC1C(O[Si](C)(C)C(C)(C)C)[C@H](CO[Si](C)(C)C(C)(C)C)O[C@@H]1n1ccc(=O)[nH]c1=O. The van der Waals surface area contributed by atoms with Crippen molar-refractivity contribution in [3.63, 3.8) is 0 Å². The Morgan fingerprint density at radius 2 is 1.59 bits per heavy atom. The maximum atomic E-state index is 12.6. The fourth-order valence-corrected chi connectivity index (χ4v) is 5.51. The lowest BCUT2D eigenvalue weighted by Crippen LogP contribution is -2.52. The minimum Gasteiger partial charge on any atom is -0.455 e. The molecule has 4 atom stereocenters. The van der Waals surface area contributed by atoms with E-state index < -0.39 is 58.4 Å². The van der Waals surface area contributed by atoms with E-state index in [1.807, 2.05) is 0 Å². The van der Waals surface area contributed by atoms with Crippen LogP contribution in [-0.2, 0) is 23.1 Å². The summed E-state index contributed by atoms with van der Waals surface area (Å²) in [6.07, 6.45) is -1.71. The molecular weight excluding hydrogens is 472 g/mol. The third kappa shape index (κ3) is 6.36. The molecule has 1 aromatic rings. The molecule has 194 valence electrons. The molecule has 0 aromatic carbocycles. The highest BCUT2D eigenvalue weighted by Crippen LogP contribution is 2.43. The molecular formula is C23H42N2O7Si2. The minimum atomic E-state index is -2.33. The van der Waals surface area contributed by atoms with Crippen molar-refractivity contribution >= 4 is 22.6 Å². The molecule has 1 aliphatic rings. The highest BCUT2D eigenvalue weighted by Gasteiger charge is 2.53. The monoisotopic (exact) mass is 514 g/mol. The van der Waals surface area contributed by atoms with Crippen LogP contribution in [0.3, 0.4) is 0 Å². The summed E-state index contributed by atoms with van der Waals surface area (Å²) in [4.78, 5) is 38.5. The van der Waals surface area contributed by atoms with Crippen molar-refractivity contribution in [1.29, 1.82) is 0 Å². The first-order chi connectivity index (χ1) is 15.3. The number of rotatable bonds is 7. The number of esters is 1. The zero-order valence-electron chi connectivity index (χ0n) is 22.5. The normalized spacial score (nSPS) is 24.3. The Labute approximate surface area is 204 Å². The van der Waals surface area contributed by atoms with Gasteiger partial charge in [0.1, 0.15) is 12.2 Å². The molecule has 0 saturated carbocycles. The molecule has 0 amide bonds. The second kappa shape index (κ2) is 9.84. The van der Waals surface area contributed by atoms with Gasteiger partial charge in [-0.25, -0.2) is 4.79 Å². The molecule has 1 fully saturated rings. The van der Waals surface area contributed by atoms with E-state index in [0.29, 0.717) is 0 Å². The second-order valence-electron chi connectivity index (χ2n) is 12.1. The van der Waals surface area contributed by atoms with Crippen molar-refractivity contribution in [2.45, 2.75) is 109 Å². The van der Waals surface area contributed by atoms with Crippen LogP contribution in [0, 0.1) is 0 Å². The van der Waals surface area contributed by atoms with Crippen molar-refractivity contribution in [1.82, 2.24) is 9.55 Å². The summed E-state index contributed by atoms with van der Waals surface area (Å²) in [5, 5.41) is -0.114. The first-order valence-electron chi connectivity index (χ1n) is 11.7. The van der Waals surface area contributed by atoms with Gasteiger partial charge in [-0.15, -0.1) is 0 Å². The summed E-state index contributed by atoms with van der Waals surface area (Å²) < 4.78 is 26.5. The van der Waals surface area contributed by atoms with E-state index in [1.54, 1.807) is 0 Å². The van der Waals surface area contributed by atoms with Crippen LogP contribution in [0.4, 0.5) is 0 Å². The van der Waals surface area contributed by atoms with E-state index in [-0.39, 0.29) is 16.7 Å². The number of carbonyl (C=O) groups excluding carboxylic acids is 1. The number of nitrogens with one attached hydrogen (secondary N) is 1. The smallest absolute Gasteiger partial charge is 0.330 e. The number of nitrogens with zero attached hydrogens (tertiary/aromatic N) is 1. The molecule has 1 aliphatic heterocycles. The molecule has 1 saturated heterocycles. The average molecular weight is 515 g/mol. The van der Waals surface area contributed by atoms with Gasteiger partial charge in [0, 0.05) is 19.2 Å². The fourth-order valence-electron chi connectivity index (χ4n) is 3.18. The summed E-state index contributed by atoms with van der Waals surface area (Å²) >= 11 is 0. The molecule has 2 unspecified atom stereocenters. The van der Waals surface area contributed by atoms with Crippen molar-refractivity contribution in [3.8, 4) is 0 Å². The third-order valence-electron chi connectivity index (χ3n) is 7.36. The molecule has 0 aliphatic carbocycles. The van der Waals surface area contributed by atoms with Gasteiger partial charge in [0.05, 0.1) is 6.61 Å². The molecule has 34 heavy (non-hydrogen) atoms. The lowest BCUT2D eigenvalue weighted by atomic mass is 10.1. The number of ether oxygens (including phenoxy) is 2. The van der Waals surface area contributed by atoms with Gasteiger partial charge in [-0.2, -0.15) is 0 Å². The van der Waals surface area contributed by atoms with E-state index in [0.717, 1.165) is 0 Å². The van der Waals surface area contributed by atoms with Crippen LogP contribution in [0.2, 0.25) is 36.3 Å². The van der Waals surface area contributed by atoms with Gasteiger partial charge in [0.15, 0.2) is 29.0 Å². The number of H-pyrrole nitrogens is 1. The van der Waals surface area contributed by atoms with E-state index in [1.165, 1.54) is 23.8 Å². The lowest BCUT2D eigenvalue weighted by Gasteiger charge is -2.41. The van der Waals surface area contributed by atoms with Crippen molar-refractivity contribution in [2.75, 3.05) is 6.61 Å². The average Bonchev–Trinajstić information content (AvgIpc) is 2.94. The van der Waals surface area contributed by atoms with Crippen LogP contribution in [0.15, 0.2) is 21.9 Å². The number of aromatic nitrogens is 2. The van der Waals surface area contributed by atoms with Crippen molar-refractivity contribution < 1.29 is 23.1 Å². The molecule has 0 spiro atoms. The summed E-state index contributed by atoms with van der Waals surface area (Å²) in [6, 6.07) is 1.23. The first kappa shape index (κ1) is 28.7. The molecule has 1 N–H and O–H groups in total. The van der Waals surface area contributed by atoms with Crippen LogP contribution in [0.25, 0.3) is 0 Å². The van der Waals surface area contributed by atoms with E-state index in [4.69, 9.17) is 18.3 Å². The number of hydrogen-bond acceptors (Lipinski definition) is 7. The second-order valence-corrected chi connectivity index (χ2v) is 21.6. The standard InChI is InChI=1S/C23H42N2O7Si2/c1-15(26)30-19-18(32-34(10,11)23(5,6)7)16(14-29-33(8,9)22(2,3)4)31-20(19)25-13-12-17(27)24-21(25)28/h12-13,16,18-20H,14H2,1-11H3,(H,24,27,28)/t16-,18?,19?,20-/m0/s1. The van der Waals surface area contributed by atoms with Crippen LogP contribution < -0.4 is 11.2 Å². The number of aromatic amines is 1. The molecule has 9 nitrogen and oxygen atoms in total. The zero-order valence-corrected chi connectivity index (χ0v) is 24.5. The molecule has 0 radical (unpaired) electrons. The highest BCUT2D eigenvalue weighted by molar-refractivity contribution is 6.74. The maximum Gasteiger partial charge on any atom is 0.330 e. The Morgan fingerprint density at radius 3 is 2.06 bits per heavy atom. The molecule has 2 rings (SSSR count). The Bertz CT molecular complexity index is 989. The topological polar surface area (TPSA) is 109 Å². The molecule has 0 bridgehead atoms. The lowest BCUT2D eigenvalue weighted by molar-refractivity contribution is -0.155. The quantitative estimate of drug-likeness (QED) is 0.436. The summed E-state index contributed by atoms with van der Waals surface area (Å²) in [5.41, 5.74) is -1.16. The molecule has 11 heteroatoms. The van der Waals surface area contributed by atoms with Gasteiger partial charge >= 0.3 is 11.7 Å². The van der Waals surface area contributed by atoms with Crippen molar-refractivity contribution in [2.24, 2.45) is 0 Å².